The molecule has 3 heteroatoms. The molecule has 1 aliphatic heterocycles. The molecule has 0 aliphatic carbocycles. The molecule has 2 rings (SSSR count). The molecule has 1 aromatic carbocycles. The van der Waals surface area contributed by atoms with Crippen molar-refractivity contribution in [3.63, 3.8) is 0 Å². The van der Waals surface area contributed by atoms with Crippen LogP contribution in [0.5, 0.6) is 5.75 Å². The van der Waals surface area contributed by atoms with Gasteiger partial charge >= 0.3 is 0 Å². The van der Waals surface area contributed by atoms with E-state index in [4.69, 9.17) is 0 Å². The molecule has 1 aromatic rings. The van der Waals surface area contributed by atoms with Gasteiger partial charge in [-0.25, -0.2) is 0 Å². The van der Waals surface area contributed by atoms with Crippen LogP contribution in [-0.4, -0.2) is 11.0 Å². The van der Waals surface area contributed by atoms with Crippen LogP contribution in [0.2, 0.25) is 0 Å². The highest BCUT2D eigenvalue weighted by Crippen LogP contribution is 2.41. The number of fused-ring (bicyclic) bond motifs is 1. The summed E-state index contributed by atoms with van der Waals surface area (Å²) in [6, 6.07) is 3.31. The lowest BCUT2D eigenvalue weighted by Gasteiger charge is -2.15. The third-order valence-electron chi connectivity index (χ3n) is 2.80. The van der Waals surface area contributed by atoms with E-state index in [0.717, 1.165) is 16.8 Å². The van der Waals surface area contributed by atoms with Gasteiger partial charge in [0.25, 0.3) is 0 Å². The summed E-state index contributed by atoms with van der Waals surface area (Å²) in [4.78, 5) is 11.6. The number of aromatic hydroxyl groups is 1. The third kappa shape index (κ3) is 1.02. The van der Waals surface area contributed by atoms with E-state index in [0.29, 0.717) is 0 Å². The highest BCUT2D eigenvalue weighted by molar-refractivity contribution is 6.06. The van der Waals surface area contributed by atoms with E-state index < -0.39 is 5.41 Å². The van der Waals surface area contributed by atoms with Crippen molar-refractivity contribution in [2.24, 2.45) is 0 Å². The topological polar surface area (TPSA) is 49.3 Å². The van der Waals surface area contributed by atoms with E-state index in [1.54, 1.807) is 12.1 Å². The smallest absolute Gasteiger partial charge is 0.234 e. The number of amides is 1. The summed E-state index contributed by atoms with van der Waals surface area (Å²) in [5, 5.41) is 12.3. The normalized spacial score (nSPS) is 17.8. The molecule has 0 unspecified atom stereocenters. The Kier molecular flexibility index (Phi) is 1.62. The SMILES string of the molecule is Cc1cc(O)cc2c1NC(=O)C2(C)C. The van der Waals surface area contributed by atoms with Gasteiger partial charge in [0, 0.05) is 5.69 Å². The van der Waals surface area contributed by atoms with Crippen LogP contribution in [0.3, 0.4) is 0 Å². The number of anilines is 1. The van der Waals surface area contributed by atoms with Gasteiger partial charge in [0.2, 0.25) is 5.91 Å². The zero-order valence-corrected chi connectivity index (χ0v) is 8.51. The Bertz CT molecular complexity index is 422. The molecule has 0 saturated heterocycles. The molecule has 0 spiro atoms. The summed E-state index contributed by atoms with van der Waals surface area (Å²) < 4.78 is 0. The highest BCUT2D eigenvalue weighted by atomic mass is 16.3. The molecule has 0 bridgehead atoms. The number of rotatable bonds is 0. The second-order valence-corrected chi connectivity index (χ2v) is 4.26. The van der Waals surface area contributed by atoms with Gasteiger partial charge in [0.05, 0.1) is 5.41 Å². The van der Waals surface area contributed by atoms with E-state index in [1.807, 2.05) is 20.8 Å². The van der Waals surface area contributed by atoms with E-state index in [9.17, 15) is 9.90 Å². The minimum Gasteiger partial charge on any atom is -0.508 e. The summed E-state index contributed by atoms with van der Waals surface area (Å²) >= 11 is 0. The number of hydrogen-bond acceptors (Lipinski definition) is 2. The van der Waals surface area contributed by atoms with Gasteiger partial charge in [0.15, 0.2) is 0 Å². The molecule has 0 fully saturated rings. The van der Waals surface area contributed by atoms with E-state index in [-0.39, 0.29) is 11.7 Å². The van der Waals surface area contributed by atoms with Crippen LogP contribution >= 0.6 is 0 Å². The van der Waals surface area contributed by atoms with Crippen molar-refractivity contribution in [2.45, 2.75) is 26.2 Å². The van der Waals surface area contributed by atoms with Crippen molar-refractivity contribution in [1.82, 2.24) is 0 Å². The molecular weight excluding hydrogens is 178 g/mol. The summed E-state index contributed by atoms with van der Waals surface area (Å²) in [5.74, 6) is 0.201. The second-order valence-electron chi connectivity index (χ2n) is 4.26. The number of benzene rings is 1. The fraction of sp³-hybridized carbons (Fsp3) is 0.364. The first-order valence-corrected chi connectivity index (χ1v) is 4.58. The lowest BCUT2D eigenvalue weighted by atomic mass is 9.85. The first-order valence-electron chi connectivity index (χ1n) is 4.58. The van der Waals surface area contributed by atoms with E-state index in [2.05, 4.69) is 5.32 Å². The van der Waals surface area contributed by atoms with Gasteiger partial charge in [-0.1, -0.05) is 0 Å². The average Bonchev–Trinajstić information content (AvgIpc) is 2.28. The Labute approximate surface area is 82.8 Å². The quantitative estimate of drug-likeness (QED) is 0.615. The van der Waals surface area contributed by atoms with Crippen molar-refractivity contribution >= 4 is 11.6 Å². The van der Waals surface area contributed by atoms with Gasteiger partial charge in [-0.3, -0.25) is 4.79 Å². The minimum absolute atomic E-state index is 0.0128. The van der Waals surface area contributed by atoms with Gasteiger partial charge in [-0.05, 0) is 44.0 Å². The predicted octanol–water partition coefficient (Wildman–Crippen LogP) is 1.93. The molecular formula is C11H13NO2. The van der Waals surface area contributed by atoms with E-state index >= 15 is 0 Å². The van der Waals surface area contributed by atoms with Crippen LogP contribution in [0.1, 0.15) is 25.0 Å². The van der Waals surface area contributed by atoms with Crippen molar-refractivity contribution in [3.05, 3.63) is 23.3 Å². The predicted molar refractivity (Wildman–Crippen MR) is 54.5 cm³/mol. The summed E-state index contributed by atoms with van der Waals surface area (Å²) in [7, 11) is 0. The zero-order valence-electron chi connectivity index (χ0n) is 8.51. The first kappa shape index (κ1) is 9.06. The minimum atomic E-state index is -0.543. The van der Waals surface area contributed by atoms with E-state index in [1.165, 1.54) is 0 Å². The molecule has 1 amide bonds. The largest absolute Gasteiger partial charge is 0.508 e. The zero-order chi connectivity index (χ0) is 10.5. The summed E-state index contributed by atoms with van der Waals surface area (Å²) in [6.07, 6.45) is 0. The maximum absolute atomic E-state index is 11.6. The molecule has 14 heavy (non-hydrogen) atoms. The third-order valence-corrected chi connectivity index (χ3v) is 2.80. The highest BCUT2D eigenvalue weighted by Gasteiger charge is 2.39. The molecule has 0 saturated carbocycles. The van der Waals surface area contributed by atoms with Crippen LogP contribution in [0.4, 0.5) is 5.69 Å². The standard InChI is InChI=1S/C11H13NO2/c1-6-4-7(13)5-8-9(6)12-10(14)11(8,2)3/h4-5,13H,1-3H3,(H,12,14). The van der Waals surface area contributed by atoms with Gasteiger partial charge in [0.1, 0.15) is 5.75 Å². The van der Waals surface area contributed by atoms with Gasteiger partial charge in [-0.15, -0.1) is 0 Å². The summed E-state index contributed by atoms with van der Waals surface area (Å²) in [6.45, 7) is 5.58. The van der Waals surface area contributed by atoms with Crippen molar-refractivity contribution in [3.8, 4) is 5.75 Å². The molecule has 1 heterocycles. The number of phenols is 1. The number of aryl methyl sites for hydroxylation is 1. The number of hydrogen-bond donors (Lipinski definition) is 2. The van der Waals surface area contributed by atoms with Crippen molar-refractivity contribution in [2.75, 3.05) is 5.32 Å². The van der Waals surface area contributed by atoms with Crippen LogP contribution < -0.4 is 5.32 Å². The molecule has 0 aromatic heterocycles. The lowest BCUT2D eigenvalue weighted by Crippen LogP contribution is -2.26. The lowest BCUT2D eigenvalue weighted by molar-refractivity contribution is -0.119. The molecule has 1 aliphatic rings. The average molecular weight is 191 g/mol. The first-order chi connectivity index (χ1) is 6.43. The Morgan fingerprint density at radius 2 is 2.00 bits per heavy atom. The summed E-state index contributed by atoms with van der Waals surface area (Å²) in [5.41, 5.74) is 2.08. The fourth-order valence-corrected chi connectivity index (χ4v) is 1.82. The second kappa shape index (κ2) is 2.50. The number of nitrogens with one attached hydrogen (secondary N) is 1. The molecule has 3 nitrogen and oxygen atoms in total. The Morgan fingerprint density at radius 3 is 2.64 bits per heavy atom. The molecule has 2 N–H and O–H groups in total. The monoisotopic (exact) mass is 191 g/mol. The van der Waals surface area contributed by atoms with Crippen molar-refractivity contribution < 1.29 is 9.90 Å². The molecule has 0 radical (unpaired) electrons. The number of carbonyl (C=O) groups excluding carboxylic acids is 1. The fourth-order valence-electron chi connectivity index (χ4n) is 1.82. The Balaban J connectivity index is 2.71. The van der Waals surface area contributed by atoms with Crippen LogP contribution in [-0.2, 0) is 10.2 Å². The Hall–Kier alpha value is -1.51. The maximum atomic E-state index is 11.6. The van der Waals surface area contributed by atoms with Gasteiger partial charge < -0.3 is 10.4 Å². The van der Waals surface area contributed by atoms with Crippen LogP contribution in [0.25, 0.3) is 0 Å². The molecule has 74 valence electrons. The number of carbonyl (C=O) groups is 1. The number of phenolic OH excluding ortho intramolecular Hbond substituents is 1. The molecule has 0 atom stereocenters. The van der Waals surface area contributed by atoms with Crippen LogP contribution in [0, 0.1) is 6.92 Å². The van der Waals surface area contributed by atoms with Crippen molar-refractivity contribution in [1.29, 1.82) is 0 Å². The maximum Gasteiger partial charge on any atom is 0.234 e. The van der Waals surface area contributed by atoms with Gasteiger partial charge in [-0.2, -0.15) is 0 Å². The Morgan fingerprint density at radius 1 is 1.36 bits per heavy atom. The van der Waals surface area contributed by atoms with Crippen LogP contribution in [0.15, 0.2) is 12.1 Å².